The Morgan fingerprint density at radius 2 is 1.70 bits per heavy atom. The highest BCUT2D eigenvalue weighted by Crippen LogP contribution is 2.23. The van der Waals surface area contributed by atoms with E-state index in [1.807, 2.05) is 84.1 Å². The van der Waals surface area contributed by atoms with Crippen LogP contribution in [0.3, 0.4) is 0 Å². The highest BCUT2D eigenvalue weighted by atomic mass is 16.5. The fourth-order valence-corrected chi connectivity index (χ4v) is 3.44. The second kappa shape index (κ2) is 10.6. The van der Waals surface area contributed by atoms with Gasteiger partial charge in [0.05, 0.1) is 22.8 Å². The fraction of sp³-hybridized carbons (Fsp3) is 0.333. The van der Waals surface area contributed by atoms with Crippen molar-refractivity contribution in [3.05, 3.63) is 77.6 Å². The lowest BCUT2D eigenvalue weighted by molar-refractivity contribution is 0.182. The van der Waals surface area contributed by atoms with Gasteiger partial charge in [0.1, 0.15) is 0 Å². The Balaban J connectivity index is 1.76. The second-order valence-electron chi connectivity index (χ2n) is 7.33. The first-order valence-electron chi connectivity index (χ1n) is 10.3. The Bertz CT molecular complexity index is 939. The Morgan fingerprint density at radius 1 is 1.03 bits per heavy atom. The van der Waals surface area contributed by atoms with Gasteiger partial charge in [-0.2, -0.15) is 5.10 Å². The van der Waals surface area contributed by atoms with E-state index in [4.69, 9.17) is 4.74 Å². The Morgan fingerprint density at radius 3 is 2.37 bits per heavy atom. The van der Waals surface area contributed by atoms with E-state index < -0.39 is 0 Å². The third-order valence-corrected chi connectivity index (χ3v) is 5.05. The molecule has 158 valence electrons. The maximum absolute atomic E-state index is 13.2. The molecule has 30 heavy (non-hydrogen) atoms. The number of aromatic nitrogens is 2. The molecule has 6 heteroatoms. The van der Waals surface area contributed by atoms with Crippen molar-refractivity contribution in [2.24, 2.45) is 0 Å². The van der Waals surface area contributed by atoms with Crippen molar-refractivity contribution in [1.82, 2.24) is 14.7 Å². The molecule has 0 fully saturated rings. The molecule has 0 atom stereocenters. The lowest BCUT2D eigenvalue weighted by atomic mass is 10.2. The number of hydrogen-bond acceptors (Lipinski definition) is 3. The number of nitrogens with one attached hydrogen (secondary N) is 1. The monoisotopic (exact) mass is 406 g/mol. The van der Waals surface area contributed by atoms with Crippen molar-refractivity contribution in [3.63, 3.8) is 0 Å². The van der Waals surface area contributed by atoms with Crippen LogP contribution in [0.15, 0.2) is 60.7 Å². The number of amides is 2. The van der Waals surface area contributed by atoms with E-state index in [0.717, 1.165) is 41.2 Å². The molecule has 1 aromatic heterocycles. The Kier molecular flexibility index (Phi) is 7.63. The molecule has 0 unspecified atom stereocenters. The molecule has 2 amide bonds. The number of unbranched alkanes of at least 4 members (excludes halogenated alkanes) is 1. The predicted octanol–water partition coefficient (Wildman–Crippen LogP) is 4.95. The summed E-state index contributed by atoms with van der Waals surface area (Å²) in [5.41, 5.74) is 4.54. The van der Waals surface area contributed by atoms with Gasteiger partial charge >= 0.3 is 6.03 Å². The van der Waals surface area contributed by atoms with Crippen LogP contribution in [0, 0.1) is 13.8 Å². The van der Waals surface area contributed by atoms with E-state index in [2.05, 4.69) is 10.4 Å². The molecule has 0 spiro atoms. The van der Waals surface area contributed by atoms with Gasteiger partial charge in [0.25, 0.3) is 0 Å². The van der Waals surface area contributed by atoms with Crippen LogP contribution in [0.25, 0.3) is 5.69 Å². The highest BCUT2D eigenvalue weighted by molar-refractivity contribution is 5.90. The molecular weight excluding hydrogens is 376 g/mol. The summed E-state index contributed by atoms with van der Waals surface area (Å²) in [6.07, 6.45) is 1.80. The zero-order valence-electron chi connectivity index (χ0n) is 18.0. The second-order valence-corrected chi connectivity index (χ2v) is 7.33. The van der Waals surface area contributed by atoms with E-state index >= 15 is 0 Å². The van der Waals surface area contributed by atoms with Crippen molar-refractivity contribution in [2.45, 2.75) is 33.2 Å². The van der Waals surface area contributed by atoms with Crippen LogP contribution in [-0.2, 0) is 11.3 Å². The van der Waals surface area contributed by atoms with Gasteiger partial charge in [-0.05, 0) is 44.4 Å². The first kappa shape index (κ1) is 21.6. The number of rotatable bonds is 9. The molecule has 1 heterocycles. The summed E-state index contributed by atoms with van der Waals surface area (Å²) in [7, 11) is 1.70. The van der Waals surface area contributed by atoms with E-state index in [9.17, 15) is 4.79 Å². The largest absolute Gasteiger partial charge is 0.385 e. The molecule has 0 saturated heterocycles. The van der Waals surface area contributed by atoms with Gasteiger partial charge in [0.15, 0.2) is 0 Å². The van der Waals surface area contributed by atoms with Gasteiger partial charge < -0.3 is 15.0 Å². The standard InChI is InChI=1S/C24H30N4O2/c1-19-23(20(2)28(26-19)22-14-8-5-9-15-22)25-24(29)27(16-10-11-17-30-3)18-21-12-6-4-7-13-21/h4-9,12-15H,10-11,16-18H2,1-3H3,(H,25,29). The number of ether oxygens (including phenoxy) is 1. The lowest BCUT2D eigenvalue weighted by Gasteiger charge is -2.23. The number of carbonyl (C=O) groups is 1. The van der Waals surface area contributed by atoms with E-state index in [1.165, 1.54) is 0 Å². The molecule has 3 rings (SSSR count). The summed E-state index contributed by atoms with van der Waals surface area (Å²) >= 11 is 0. The minimum absolute atomic E-state index is 0.116. The number of nitrogens with zero attached hydrogens (tertiary/aromatic N) is 3. The normalized spacial score (nSPS) is 10.8. The molecular formula is C24H30N4O2. The molecule has 2 aromatic carbocycles. The average molecular weight is 407 g/mol. The zero-order chi connectivity index (χ0) is 21.3. The molecule has 0 radical (unpaired) electrons. The number of anilines is 1. The van der Waals surface area contributed by atoms with Gasteiger partial charge in [-0.3, -0.25) is 0 Å². The molecule has 0 bridgehead atoms. The van der Waals surface area contributed by atoms with E-state index in [-0.39, 0.29) is 6.03 Å². The summed E-state index contributed by atoms with van der Waals surface area (Å²) < 4.78 is 7.01. The fourth-order valence-electron chi connectivity index (χ4n) is 3.44. The van der Waals surface area contributed by atoms with Crippen LogP contribution in [0.4, 0.5) is 10.5 Å². The third-order valence-electron chi connectivity index (χ3n) is 5.05. The number of aryl methyl sites for hydroxylation is 1. The summed E-state index contributed by atoms with van der Waals surface area (Å²) in [5, 5.41) is 7.73. The first-order valence-corrected chi connectivity index (χ1v) is 10.3. The summed E-state index contributed by atoms with van der Waals surface area (Å²) in [6.45, 7) is 5.81. The van der Waals surface area contributed by atoms with Crippen LogP contribution in [0.1, 0.15) is 29.8 Å². The molecule has 0 aliphatic heterocycles. The minimum atomic E-state index is -0.116. The van der Waals surface area contributed by atoms with Gasteiger partial charge in [-0.15, -0.1) is 0 Å². The molecule has 0 aliphatic carbocycles. The zero-order valence-corrected chi connectivity index (χ0v) is 18.0. The first-order chi connectivity index (χ1) is 14.6. The Labute approximate surface area is 178 Å². The number of carbonyl (C=O) groups excluding carboxylic acids is 1. The average Bonchev–Trinajstić information content (AvgIpc) is 3.05. The number of methoxy groups -OCH3 is 1. The Hall–Kier alpha value is -3.12. The number of urea groups is 1. The maximum atomic E-state index is 13.2. The van der Waals surface area contributed by atoms with Crippen LogP contribution in [-0.4, -0.2) is 41.0 Å². The smallest absolute Gasteiger partial charge is 0.322 e. The number of benzene rings is 2. The van der Waals surface area contributed by atoms with Crippen molar-refractivity contribution >= 4 is 11.7 Å². The maximum Gasteiger partial charge on any atom is 0.322 e. The highest BCUT2D eigenvalue weighted by Gasteiger charge is 2.19. The minimum Gasteiger partial charge on any atom is -0.385 e. The van der Waals surface area contributed by atoms with Crippen LogP contribution < -0.4 is 5.32 Å². The molecule has 0 saturated carbocycles. The summed E-state index contributed by atoms with van der Waals surface area (Å²) in [6, 6.07) is 19.9. The predicted molar refractivity (Wildman–Crippen MR) is 120 cm³/mol. The molecule has 3 aromatic rings. The van der Waals surface area contributed by atoms with Gasteiger partial charge in [-0.25, -0.2) is 9.48 Å². The van der Waals surface area contributed by atoms with Crippen LogP contribution in [0.5, 0.6) is 0 Å². The van der Waals surface area contributed by atoms with Gasteiger partial charge in [-0.1, -0.05) is 48.5 Å². The van der Waals surface area contributed by atoms with E-state index in [1.54, 1.807) is 7.11 Å². The van der Waals surface area contributed by atoms with E-state index in [0.29, 0.717) is 19.7 Å². The van der Waals surface area contributed by atoms with Crippen molar-refractivity contribution in [2.75, 3.05) is 25.6 Å². The van der Waals surface area contributed by atoms with Crippen molar-refractivity contribution in [3.8, 4) is 5.69 Å². The summed E-state index contributed by atoms with van der Waals surface area (Å²) in [5.74, 6) is 0. The van der Waals surface area contributed by atoms with Crippen molar-refractivity contribution < 1.29 is 9.53 Å². The lowest BCUT2D eigenvalue weighted by Crippen LogP contribution is -2.35. The van der Waals surface area contributed by atoms with Crippen LogP contribution in [0.2, 0.25) is 0 Å². The summed E-state index contributed by atoms with van der Waals surface area (Å²) in [4.78, 5) is 15.0. The molecule has 0 aliphatic rings. The molecule has 1 N–H and O–H groups in total. The van der Waals surface area contributed by atoms with Gasteiger partial charge in [0.2, 0.25) is 0 Å². The molecule has 6 nitrogen and oxygen atoms in total. The number of hydrogen-bond donors (Lipinski definition) is 1. The SMILES string of the molecule is COCCCCN(Cc1ccccc1)C(=O)Nc1c(C)nn(-c2ccccc2)c1C. The number of para-hydroxylation sites is 1. The van der Waals surface area contributed by atoms with Crippen LogP contribution >= 0.6 is 0 Å². The van der Waals surface area contributed by atoms with Gasteiger partial charge in [0, 0.05) is 26.8 Å². The quantitative estimate of drug-likeness (QED) is 0.512. The van der Waals surface area contributed by atoms with Crippen molar-refractivity contribution in [1.29, 1.82) is 0 Å². The topological polar surface area (TPSA) is 59.4 Å². The third kappa shape index (κ3) is 5.48.